The van der Waals surface area contributed by atoms with Crippen molar-refractivity contribution in [1.82, 2.24) is 39.0 Å². The van der Waals surface area contributed by atoms with Gasteiger partial charge in [0.2, 0.25) is 5.91 Å². The minimum Gasteiger partial charge on any atom is -0.395 e. The first kappa shape index (κ1) is 83.8. The molecule has 7 aliphatic rings. The molecule has 0 spiro atoms. The fourth-order valence-electron chi connectivity index (χ4n) is 16.7. The SMILES string of the molecule is CC(=O)c1ccc2c(c1)N(CCCN1CCN(CCO)CC1)c1ccccc1S2.CCCN1CCN(CCCN2c3ccccc3Sc3ccc(C(=O)CC)cc32)CC1.Cc1ccc(C(=O)CCCN2CCC(n3c(=O)[nH]c4ccccc43)CC2)cc1.O=C(CCCN1CC=C(N2C(=O)Cc3ccccc32)CC1)c1ccc(F)cc1. The first-order valence-corrected chi connectivity index (χ1v) is 43.3. The Kier molecular flexibility index (Phi) is 30.0. The lowest BCUT2D eigenvalue weighted by atomic mass is 10.0. The number of Topliss-reactive ketones (excluding diaryl/α,β-unsaturated/α-hetero) is 4. The first-order chi connectivity index (χ1) is 56.1. The van der Waals surface area contributed by atoms with Crippen LogP contribution in [0.2, 0.25) is 0 Å². The minimum atomic E-state index is -0.327. The molecule has 0 aliphatic carbocycles. The number of H-pyrrole nitrogens is 1. The molecule has 8 heterocycles. The van der Waals surface area contributed by atoms with Gasteiger partial charge in [0.15, 0.2) is 23.1 Å². The number of fused-ring (bicyclic) bond motifs is 6. The molecule has 0 saturated carbocycles. The number of para-hydroxylation sites is 5. The van der Waals surface area contributed by atoms with E-state index in [2.05, 4.69) is 124 Å². The van der Waals surface area contributed by atoms with Crippen LogP contribution in [0.25, 0.3) is 11.0 Å². The second-order valence-corrected chi connectivity index (χ2v) is 33.2. The number of imidazole rings is 1. The summed E-state index contributed by atoms with van der Waals surface area (Å²) < 4.78 is 14.9. The number of nitrogens with one attached hydrogen (secondary N) is 1. The van der Waals surface area contributed by atoms with E-state index < -0.39 is 0 Å². The lowest BCUT2D eigenvalue weighted by molar-refractivity contribution is -0.117. The highest BCUT2D eigenvalue weighted by Gasteiger charge is 2.33. The number of nitrogens with zero attached hydrogens (tertiary/aromatic N) is 10. The molecule has 1 aromatic heterocycles. The molecule has 7 aliphatic heterocycles. The number of likely N-dealkylation sites (tertiary alicyclic amines) is 1. The third-order valence-corrected chi connectivity index (χ3v) is 25.4. The number of aryl methyl sites for hydroxylation is 1. The standard InChI is InChI=1S/C25H33N3OS.C23H23FN2O2.C23H29N3O2S.C23H27N3O2/c1-3-12-26-15-17-27(18-16-26)13-7-14-28-21-8-5-6-9-24(21)30-25-11-10-20(19-22(25)28)23(29)4-2;24-19-9-7-17(8-10-19)22(27)6-3-13-25-14-11-20(12-15-25)26-21-5-2-1-4-18(21)16-23(26)28;1-18(28)19-7-8-23-21(17-19)26(20-5-2-3-6-22(20)29-23)10-4-9-24-11-13-25(14-12-24)15-16-27;1-17-8-10-18(11-9-17)22(27)7-4-14-25-15-12-19(13-16-25)26-21-6-3-2-5-20(21)24-23(26)28/h5-6,8-11,19H,3-4,7,12-18H2,1-2H3;1-2,4-5,7-11H,3,6,12-16H2;2-3,5-8,17,27H,4,9-16H2,1H3;2-3,5-6,8-11,19H,4,7,12-16H2,1H3,(H,24,28). The van der Waals surface area contributed by atoms with E-state index in [9.17, 15) is 33.2 Å². The van der Waals surface area contributed by atoms with Crippen molar-refractivity contribution in [2.75, 3.05) is 152 Å². The average Bonchev–Trinajstić information content (AvgIpc) is 1.74. The van der Waals surface area contributed by atoms with Crippen molar-refractivity contribution in [3.05, 3.63) is 243 Å². The number of aliphatic hydroxyl groups excluding tert-OH is 1. The topological polar surface area (TPSA) is 173 Å². The molecule has 16 rings (SSSR count). The fourth-order valence-corrected chi connectivity index (χ4v) is 18.8. The number of aliphatic hydroxyl groups is 1. The van der Waals surface area contributed by atoms with Crippen LogP contribution in [0.4, 0.5) is 32.8 Å². The van der Waals surface area contributed by atoms with Gasteiger partial charge in [0.05, 0.1) is 52.5 Å². The Labute approximate surface area is 686 Å². The monoisotopic (exact) mass is 1590 g/mol. The predicted molar refractivity (Wildman–Crippen MR) is 464 cm³/mol. The summed E-state index contributed by atoms with van der Waals surface area (Å²) in [6.07, 6.45) is 12.0. The number of anilines is 5. The highest BCUT2D eigenvalue weighted by atomic mass is 32.2. The van der Waals surface area contributed by atoms with Crippen LogP contribution in [-0.2, 0) is 11.2 Å². The number of aromatic amines is 1. The third kappa shape index (κ3) is 21.9. The number of amides is 1. The van der Waals surface area contributed by atoms with E-state index in [1.54, 1.807) is 30.8 Å². The van der Waals surface area contributed by atoms with Gasteiger partial charge < -0.3 is 39.5 Å². The van der Waals surface area contributed by atoms with E-state index in [4.69, 9.17) is 5.11 Å². The maximum Gasteiger partial charge on any atom is 0.326 e. The van der Waals surface area contributed by atoms with E-state index in [0.29, 0.717) is 31.2 Å². The van der Waals surface area contributed by atoms with Gasteiger partial charge in [-0.2, -0.15) is 0 Å². The Morgan fingerprint density at radius 1 is 0.478 bits per heavy atom. The van der Waals surface area contributed by atoms with Crippen molar-refractivity contribution in [1.29, 1.82) is 0 Å². The molecule has 21 heteroatoms. The normalized spacial score (nSPS) is 16.7. The minimum absolute atomic E-state index is 0.0108. The van der Waals surface area contributed by atoms with Gasteiger partial charge >= 0.3 is 5.69 Å². The second-order valence-electron chi connectivity index (χ2n) is 31.0. The van der Waals surface area contributed by atoms with Crippen molar-refractivity contribution in [2.45, 2.75) is 130 Å². The van der Waals surface area contributed by atoms with Crippen LogP contribution in [0.3, 0.4) is 0 Å². The number of carbonyl (C=O) groups excluding carboxylic acids is 5. The van der Waals surface area contributed by atoms with Crippen LogP contribution in [0, 0.1) is 12.7 Å². The second kappa shape index (κ2) is 41.1. The number of β-amino-alcohol motifs (C(OH)–C–C–N with tert-alkyl or cyclic N) is 1. The third-order valence-electron chi connectivity index (χ3n) is 23.1. The Hall–Kier alpha value is -9.13. The molecule has 8 aromatic carbocycles. The molecular formula is C94H112FN11O7S2. The van der Waals surface area contributed by atoms with E-state index in [-0.39, 0.29) is 53.2 Å². The number of aromatic nitrogens is 2. The zero-order chi connectivity index (χ0) is 80.2. The zero-order valence-electron chi connectivity index (χ0n) is 67.4. The van der Waals surface area contributed by atoms with Crippen LogP contribution in [0.15, 0.2) is 218 Å². The summed E-state index contributed by atoms with van der Waals surface area (Å²) in [5.41, 5.74) is 14.1. The predicted octanol–water partition coefficient (Wildman–Crippen LogP) is 16.7. The van der Waals surface area contributed by atoms with E-state index in [0.717, 1.165) is 193 Å². The summed E-state index contributed by atoms with van der Waals surface area (Å²) in [7, 11) is 0. The highest BCUT2D eigenvalue weighted by Crippen LogP contribution is 2.50. The first-order valence-electron chi connectivity index (χ1n) is 41.6. The Bertz CT molecular complexity index is 4890. The molecule has 18 nitrogen and oxygen atoms in total. The number of carbonyl (C=O) groups is 5. The molecular weight excluding hydrogens is 1480 g/mol. The molecule has 0 atom stereocenters. The molecule has 115 heavy (non-hydrogen) atoms. The smallest absolute Gasteiger partial charge is 0.326 e. The van der Waals surface area contributed by atoms with E-state index in [1.807, 2.05) is 126 Å². The number of piperazine rings is 2. The molecule has 0 radical (unpaired) electrons. The lowest BCUT2D eigenvalue weighted by Gasteiger charge is -2.36. The average molecular weight is 1590 g/mol. The highest BCUT2D eigenvalue weighted by molar-refractivity contribution is 8.00. The van der Waals surface area contributed by atoms with Gasteiger partial charge in [0, 0.05) is 177 Å². The van der Waals surface area contributed by atoms with E-state index >= 15 is 0 Å². The Balaban J connectivity index is 0.000000134. The summed E-state index contributed by atoms with van der Waals surface area (Å²) in [4.78, 5) is 103. The van der Waals surface area contributed by atoms with Gasteiger partial charge in [-0.1, -0.05) is 140 Å². The van der Waals surface area contributed by atoms with Gasteiger partial charge in [-0.15, -0.1) is 0 Å². The molecule has 604 valence electrons. The van der Waals surface area contributed by atoms with Crippen LogP contribution in [0.1, 0.15) is 150 Å². The van der Waals surface area contributed by atoms with Crippen LogP contribution in [-0.4, -0.2) is 211 Å². The number of halogens is 1. The molecule has 9 aromatic rings. The number of benzene rings is 8. The Morgan fingerprint density at radius 2 is 0.957 bits per heavy atom. The molecule has 0 unspecified atom stereocenters. The van der Waals surface area contributed by atoms with Crippen molar-refractivity contribution in [2.24, 2.45) is 0 Å². The van der Waals surface area contributed by atoms with Crippen molar-refractivity contribution >= 4 is 92.0 Å². The molecule has 0 bridgehead atoms. The molecule has 1 amide bonds. The summed E-state index contributed by atoms with van der Waals surface area (Å²) in [5.74, 6) is 0.411. The van der Waals surface area contributed by atoms with Crippen LogP contribution in [0.5, 0.6) is 0 Å². The van der Waals surface area contributed by atoms with Gasteiger partial charge in [-0.3, -0.25) is 43.2 Å². The molecule has 3 fully saturated rings. The number of hydrogen-bond donors (Lipinski definition) is 2. The van der Waals surface area contributed by atoms with Crippen molar-refractivity contribution in [3.8, 4) is 0 Å². The van der Waals surface area contributed by atoms with Gasteiger partial charge in [0.1, 0.15) is 5.82 Å². The largest absolute Gasteiger partial charge is 0.395 e. The summed E-state index contributed by atoms with van der Waals surface area (Å²) in [6.45, 7) is 28.6. The van der Waals surface area contributed by atoms with E-state index in [1.165, 1.54) is 93.5 Å². The molecule has 2 N–H and O–H groups in total. The summed E-state index contributed by atoms with van der Waals surface area (Å²) >= 11 is 3.60. The van der Waals surface area contributed by atoms with Crippen LogP contribution >= 0.6 is 23.5 Å². The van der Waals surface area contributed by atoms with Crippen molar-refractivity contribution < 1.29 is 33.5 Å². The Morgan fingerprint density at radius 3 is 1.51 bits per heavy atom. The number of piperidine rings is 1. The number of ketones is 4. The quantitative estimate of drug-likeness (QED) is 0.0465. The fraction of sp³-hybridized carbons (Fsp3) is 0.404. The number of rotatable bonds is 27. The van der Waals surface area contributed by atoms with Gasteiger partial charge in [0.25, 0.3) is 0 Å². The van der Waals surface area contributed by atoms with Crippen molar-refractivity contribution in [3.63, 3.8) is 0 Å². The zero-order valence-corrected chi connectivity index (χ0v) is 69.0. The number of hydrogen-bond acceptors (Lipinski definition) is 17. The van der Waals surface area contributed by atoms with Crippen LogP contribution < -0.4 is 20.4 Å². The maximum atomic E-state index is 12.9. The maximum absolute atomic E-state index is 12.9. The summed E-state index contributed by atoms with van der Waals surface area (Å²) in [5, 5.41) is 9.10. The van der Waals surface area contributed by atoms with Gasteiger partial charge in [-0.25, -0.2) is 9.18 Å². The molecule has 3 saturated heterocycles. The lowest BCUT2D eigenvalue weighted by Crippen LogP contribution is -2.47. The van der Waals surface area contributed by atoms with Gasteiger partial charge in [-0.05, 0) is 188 Å². The summed E-state index contributed by atoms with van der Waals surface area (Å²) in [6, 6.07) is 59.1.